The van der Waals surface area contributed by atoms with Crippen molar-refractivity contribution in [2.45, 2.75) is 89.3 Å². The first-order chi connectivity index (χ1) is 9.67. The van der Waals surface area contributed by atoms with Crippen LogP contribution in [0.15, 0.2) is 0 Å². The summed E-state index contributed by atoms with van der Waals surface area (Å²) in [4.78, 5) is 0. The summed E-state index contributed by atoms with van der Waals surface area (Å²) in [5.41, 5.74) is -0.360. The first-order valence-electron chi connectivity index (χ1n) is 8.47. The van der Waals surface area contributed by atoms with Gasteiger partial charge in [-0.3, -0.25) is 5.32 Å². The first-order valence-corrected chi connectivity index (χ1v) is 8.47. The van der Waals surface area contributed by atoms with Crippen molar-refractivity contribution in [1.82, 2.24) is 5.32 Å². The van der Waals surface area contributed by atoms with Gasteiger partial charge in [-0.15, -0.1) is 0 Å². The normalized spacial score (nSPS) is 29.6. The molecule has 2 saturated carbocycles. The lowest BCUT2D eigenvalue weighted by atomic mass is 9.85. The van der Waals surface area contributed by atoms with Crippen molar-refractivity contribution in [3.63, 3.8) is 0 Å². The van der Waals surface area contributed by atoms with E-state index in [-0.39, 0.29) is 5.54 Å². The number of hydrogen-bond donors (Lipinski definition) is 1. The molecule has 0 aliphatic heterocycles. The fourth-order valence-electron chi connectivity index (χ4n) is 3.36. The van der Waals surface area contributed by atoms with Crippen molar-refractivity contribution >= 4 is 0 Å². The summed E-state index contributed by atoms with van der Waals surface area (Å²) in [5.74, 6) is 0.760. The van der Waals surface area contributed by atoms with E-state index in [0.717, 1.165) is 25.4 Å². The van der Waals surface area contributed by atoms with Crippen LogP contribution in [-0.2, 0) is 4.74 Å². The van der Waals surface area contributed by atoms with Gasteiger partial charge >= 0.3 is 0 Å². The number of nitrogens with zero attached hydrogens (tertiary/aromatic N) is 1. The third kappa shape index (κ3) is 4.75. The Morgan fingerprint density at radius 3 is 2.65 bits per heavy atom. The van der Waals surface area contributed by atoms with Gasteiger partial charge in [0.2, 0.25) is 0 Å². The molecule has 0 aromatic rings. The minimum atomic E-state index is -0.360. The molecular formula is C17H30N2O. The molecule has 3 heteroatoms. The van der Waals surface area contributed by atoms with E-state index in [1.165, 1.54) is 44.9 Å². The largest absolute Gasteiger partial charge is 0.378 e. The van der Waals surface area contributed by atoms with Crippen LogP contribution in [0.2, 0.25) is 0 Å². The van der Waals surface area contributed by atoms with Gasteiger partial charge in [-0.1, -0.05) is 26.2 Å². The van der Waals surface area contributed by atoms with Crippen LogP contribution in [0.25, 0.3) is 0 Å². The number of nitrogens with one attached hydrogen (secondary N) is 1. The molecule has 2 fully saturated rings. The van der Waals surface area contributed by atoms with Gasteiger partial charge in [-0.2, -0.15) is 5.26 Å². The van der Waals surface area contributed by atoms with Crippen LogP contribution < -0.4 is 5.32 Å². The van der Waals surface area contributed by atoms with Crippen LogP contribution in [0.4, 0.5) is 0 Å². The summed E-state index contributed by atoms with van der Waals surface area (Å²) in [5, 5.41) is 12.8. The Morgan fingerprint density at radius 1 is 1.25 bits per heavy atom. The Bertz CT molecular complexity index is 334. The molecule has 0 bridgehead atoms. The Hall–Kier alpha value is -0.590. The van der Waals surface area contributed by atoms with Crippen LogP contribution in [0, 0.1) is 17.2 Å². The third-order valence-electron chi connectivity index (χ3n) is 4.86. The highest BCUT2D eigenvalue weighted by molar-refractivity contribution is 5.06. The van der Waals surface area contributed by atoms with Gasteiger partial charge < -0.3 is 4.74 Å². The van der Waals surface area contributed by atoms with Gasteiger partial charge in [0, 0.05) is 12.6 Å². The zero-order valence-electron chi connectivity index (χ0n) is 13.2. The summed E-state index contributed by atoms with van der Waals surface area (Å²) in [6, 6.07) is 3.03. The molecule has 2 rings (SSSR count). The van der Waals surface area contributed by atoms with E-state index in [0.29, 0.717) is 12.1 Å². The molecule has 20 heavy (non-hydrogen) atoms. The third-order valence-corrected chi connectivity index (χ3v) is 4.86. The lowest BCUT2D eigenvalue weighted by Gasteiger charge is -2.31. The summed E-state index contributed by atoms with van der Waals surface area (Å²) < 4.78 is 6.11. The van der Waals surface area contributed by atoms with Crippen molar-refractivity contribution < 1.29 is 4.74 Å². The van der Waals surface area contributed by atoms with Crippen molar-refractivity contribution in [1.29, 1.82) is 5.26 Å². The zero-order chi connectivity index (χ0) is 14.4. The number of ether oxygens (including phenoxy) is 1. The lowest BCUT2D eigenvalue weighted by molar-refractivity contribution is -0.0145. The van der Waals surface area contributed by atoms with E-state index < -0.39 is 0 Å². The van der Waals surface area contributed by atoms with Crippen LogP contribution in [-0.4, -0.2) is 24.3 Å². The predicted molar refractivity (Wildman–Crippen MR) is 81.4 cm³/mol. The van der Waals surface area contributed by atoms with E-state index >= 15 is 0 Å². The molecule has 0 heterocycles. The summed E-state index contributed by atoms with van der Waals surface area (Å²) >= 11 is 0. The predicted octanol–water partition coefficient (Wildman–Crippen LogP) is 3.79. The maximum absolute atomic E-state index is 9.34. The monoisotopic (exact) mass is 278 g/mol. The van der Waals surface area contributed by atoms with Crippen molar-refractivity contribution in [3.8, 4) is 6.07 Å². The second-order valence-electron chi connectivity index (χ2n) is 6.83. The molecule has 0 saturated heterocycles. The van der Waals surface area contributed by atoms with Crippen LogP contribution in [0.1, 0.15) is 71.6 Å². The minimum Gasteiger partial charge on any atom is -0.378 e. The quantitative estimate of drug-likeness (QED) is 0.687. The fraction of sp³-hybridized carbons (Fsp3) is 0.941. The van der Waals surface area contributed by atoms with Gasteiger partial charge in [-0.25, -0.2) is 0 Å². The molecular weight excluding hydrogens is 248 g/mol. The van der Waals surface area contributed by atoms with Crippen molar-refractivity contribution in [3.05, 3.63) is 0 Å². The van der Waals surface area contributed by atoms with Gasteiger partial charge in [-0.05, 0) is 51.4 Å². The maximum Gasteiger partial charge on any atom is 0.104 e. The van der Waals surface area contributed by atoms with Crippen molar-refractivity contribution in [2.24, 2.45) is 5.92 Å². The maximum atomic E-state index is 9.34. The van der Waals surface area contributed by atoms with Gasteiger partial charge in [0.1, 0.15) is 5.54 Å². The molecule has 114 valence electrons. The van der Waals surface area contributed by atoms with Gasteiger partial charge in [0.05, 0.1) is 12.2 Å². The molecule has 3 atom stereocenters. The molecule has 0 amide bonds. The molecule has 0 aromatic heterocycles. The van der Waals surface area contributed by atoms with E-state index in [1.54, 1.807) is 0 Å². The minimum absolute atomic E-state index is 0.360. The molecule has 3 nitrogen and oxygen atoms in total. The van der Waals surface area contributed by atoms with Crippen LogP contribution in [0.3, 0.4) is 0 Å². The van der Waals surface area contributed by atoms with Crippen LogP contribution >= 0.6 is 0 Å². The number of nitriles is 1. The molecule has 1 N–H and O–H groups in total. The smallest absolute Gasteiger partial charge is 0.104 e. The van der Waals surface area contributed by atoms with Crippen molar-refractivity contribution in [2.75, 3.05) is 6.61 Å². The van der Waals surface area contributed by atoms with Gasteiger partial charge in [0.15, 0.2) is 0 Å². The van der Waals surface area contributed by atoms with E-state index in [4.69, 9.17) is 4.74 Å². The second-order valence-corrected chi connectivity index (χ2v) is 6.83. The highest BCUT2D eigenvalue weighted by Gasteiger charge is 2.32. The average Bonchev–Trinajstić information content (AvgIpc) is 3.28. The Morgan fingerprint density at radius 2 is 2.00 bits per heavy atom. The summed E-state index contributed by atoms with van der Waals surface area (Å²) in [7, 11) is 0. The highest BCUT2D eigenvalue weighted by atomic mass is 16.5. The standard InChI is InChI=1S/C17H30N2O/c1-3-14-7-4-5-8-16(14)20-12-6-11-17(2,13-18)19-15-9-10-15/h14-16,19H,3-12H2,1-2H3. The molecule has 0 spiro atoms. The van der Waals surface area contributed by atoms with E-state index in [1.807, 2.05) is 6.92 Å². The van der Waals surface area contributed by atoms with Crippen LogP contribution in [0.5, 0.6) is 0 Å². The lowest BCUT2D eigenvalue weighted by Crippen LogP contribution is -2.42. The number of rotatable bonds is 8. The Labute approximate surface area is 124 Å². The van der Waals surface area contributed by atoms with E-state index in [9.17, 15) is 5.26 Å². The molecule has 0 radical (unpaired) electrons. The summed E-state index contributed by atoms with van der Waals surface area (Å²) in [6.45, 7) is 5.12. The fourth-order valence-corrected chi connectivity index (χ4v) is 3.36. The molecule has 0 aromatic carbocycles. The van der Waals surface area contributed by atoms with E-state index in [2.05, 4.69) is 18.3 Å². The Kier molecular flexibility index (Phi) is 5.86. The topological polar surface area (TPSA) is 45.0 Å². The van der Waals surface area contributed by atoms with Gasteiger partial charge in [0.25, 0.3) is 0 Å². The summed E-state index contributed by atoms with van der Waals surface area (Å²) in [6.07, 6.45) is 11.3. The Balaban J connectivity index is 1.65. The average molecular weight is 278 g/mol. The molecule has 2 aliphatic rings. The zero-order valence-corrected chi connectivity index (χ0v) is 13.2. The second kappa shape index (κ2) is 7.43. The highest BCUT2D eigenvalue weighted by Crippen LogP contribution is 2.29. The molecule has 2 aliphatic carbocycles. The molecule has 3 unspecified atom stereocenters. The number of hydrogen-bond acceptors (Lipinski definition) is 3. The SMILES string of the molecule is CCC1CCCCC1OCCCC(C)(C#N)NC1CC1. The first kappa shape index (κ1) is 15.8.